The van der Waals surface area contributed by atoms with E-state index >= 15 is 0 Å². The number of cyclic esters (lactones) is 1. The van der Waals surface area contributed by atoms with E-state index in [1.54, 1.807) is 0 Å². The first kappa shape index (κ1) is 18.6. The van der Waals surface area contributed by atoms with Crippen molar-refractivity contribution < 1.29 is 35.9 Å². The van der Waals surface area contributed by atoms with Crippen molar-refractivity contribution in [3.63, 3.8) is 0 Å². The van der Waals surface area contributed by atoms with E-state index in [2.05, 4.69) is 4.74 Å². The number of benzene rings is 1. The van der Waals surface area contributed by atoms with Gasteiger partial charge in [0.1, 0.15) is 0 Å². The molecule has 0 saturated carbocycles. The Balaban J connectivity index is 1.59. The summed E-state index contributed by atoms with van der Waals surface area (Å²) >= 11 is 0. The maximum atomic E-state index is 12.7. The van der Waals surface area contributed by atoms with Crippen LogP contribution in [0.15, 0.2) is 24.3 Å². The molecule has 3 rings (SSSR count). The lowest BCUT2D eigenvalue weighted by Crippen LogP contribution is -2.54. The maximum Gasteiger partial charge on any atom is 0.417 e. The monoisotopic (exact) mass is 392 g/mol. The Hall–Kier alpha value is -2.14. The predicted octanol–water partition coefficient (Wildman–Crippen LogP) is 1.45. The Bertz CT molecular complexity index is 818. The highest BCUT2D eigenvalue weighted by atomic mass is 32.2. The molecule has 2 amide bonds. The molecule has 7 nitrogen and oxygen atoms in total. The van der Waals surface area contributed by atoms with Gasteiger partial charge >= 0.3 is 12.3 Å². The standard InChI is InChI=1S/C15H15F3N2O5S/c16-15(17,18)12-3-1-2-10(4-12)9-26(23,24)19-5-11(6-19)7-20-13(21)8-25-14(20)22/h1-4,11H,5-9H2. The van der Waals surface area contributed by atoms with E-state index in [1.807, 2.05) is 0 Å². The molecule has 11 heteroatoms. The number of carbonyl (C=O) groups is 2. The molecule has 0 aliphatic carbocycles. The third-order valence-corrected chi connectivity index (χ3v) is 5.98. The van der Waals surface area contributed by atoms with Gasteiger partial charge in [0, 0.05) is 25.6 Å². The number of sulfonamides is 1. The minimum atomic E-state index is -4.54. The molecule has 2 aliphatic heterocycles. The van der Waals surface area contributed by atoms with Gasteiger partial charge in [-0.15, -0.1) is 0 Å². The first-order valence-electron chi connectivity index (χ1n) is 7.67. The second kappa shape index (κ2) is 6.54. The predicted molar refractivity (Wildman–Crippen MR) is 82.2 cm³/mol. The summed E-state index contributed by atoms with van der Waals surface area (Å²) in [4.78, 5) is 23.7. The number of halogens is 3. The van der Waals surface area contributed by atoms with Gasteiger partial charge in [-0.2, -0.15) is 13.2 Å². The molecule has 0 N–H and O–H groups in total. The van der Waals surface area contributed by atoms with Gasteiger partial charge in [-0.25, -0.2) is 22.4 Å². The Labute approximate surface area is 147 Å². The van der Waals surface area contributed by atoms with E-state index in [-0.39, 0.29) is 37.7 Å². The summed E-state index contributed by atoms with van der Waals surface area (Å²) in [5, 5.41) is 0. The average molecular weight is 392 g/mol. The summed E-state index contributed by atoms with van der Waals surface area (Å²) in [7, 11) is -3.79. The highest BCUT2D eigenvalue weighted by Gasteiger charge is 2.40. The normalized spacial score (nSPS) is 19.6. The van der Waals surface area contributed by atoms with E-state index in [0.29, 0.717) is 0 Å². The van der Waals surface area contributed by atoms with Gasteiger partial charge in [-0.1, -0.05) is 18.2 Å². The first-order chi connectivity index (χ1) is 12.1. The van der Waals surface area contributed by atoms with Crippen LogP contribution in [0.2, 0.25) is 0 Å². The van der Waals surface area contributed by atoms with Crippen LogP contribution in [0.1, 0.15) is 11.1 Å². The van der Waals surface area contributed by atoms with Gasteiger partial charge < -0.3 is 4.74 Å². The molecular formula is C15H15F3N2O5S. The number of alkyl halides is 3. The Morgan fingerprint density at radius 2 is 1.88 bits per heavy atom. The molecule has 2 fully saturated rings. The maximum absolute atomic E-state index is 12.7. The highest BCUT2D eigenvalue weighted by molar-refractivity contribution is 7.88. The summed E-state index contributed by atoms with van der Waals surface area (Å²) in [6.07, 6.45) is -5.29. The Kier molecular flexibility index (Phi) is 4.69. The van der Waals surface area contributed by atoms with Crippen LogP contribution >= 0.6 is 0 Å². The molecule has 0 spiro atoms. The van der Waals surface area contributed by atoms with Crippen molar-refractivity contribution in [1.29, 1.82) is 0 Å². The number of rotatable bonds is 5. The van der Waals surface area contributed by atoms with Crippen molar-refractivity contribution in [3.8, 4) is 0 Å². The number of hydrogen-bond donors (Lipinski definition) is 0. The van der Waals surface area contributed by atoms with Gasteiger partial charge in [0.05, 0.1) is 11.3 Å². The number of carbonyl (C=O) groups excluding carboxylic acids is 2. The highest BCUT2D eigenvalue weighted by Crippen LogP contribution is 2.30. The number of amides is 2. The fourth-order valence-corrected chi connectivity index (χ4v) is 4.48. The second-order valence-corrected chi connectivity index (χ2v) is 8.17. The lowest BCUT2D eigenvalue weighted by molar-refractivity contribution is -0.137. The van der Waals surface area contributed by atoms with E-state index in [9.17, 15) is 31.2 Å². The van der Waals surface area contributed by atoms with Gasteiger partial charge in [0.2, 0.25) is 10.0 Å². The molecule has 0 bridgehead atoms. The van der Waals surface area contributed by atoms with Crippen LogP contribution in [-0.4, -0.2) is 55.9 Å². The summed E-state index contributed by atoms with van der Waals surface area (Å²) < 4.78 is 68.5. The van der Waals surface area contributed by atoms with Crippen molar-refractivity contribution in [3.05, 3.63) is 35.4 Å². The van der Waals surface area contributed by atoms with Gasteiger partial charge in [0.25, 0.3) is 5.91 Å². The third kappa shape index (κ3) is 3.83. The van der Waals surface area contributed by atoms with Crippen LogP contribution in [0, 0.1) is 5.92 Å². The van der Waals surface area contributed by atoms with Crippen LogP contribution in [0.3, 0.4) is 0 Å². The smallest absolute Gasteiger partial charge is 0.417 e. The molecule has 142 valence electrons. The summed E-state index contributed by atoms with van der Waals surface area (Å²) in [5.74, 6) is -1.24. The van der Waals surface area contributed by atoms with Crippen LogP contribution in [0.5, 0.6) is 0 Å². The second-order valence-electron chi connectivity index (χ2n) is 6.20. The van der Waals surface area contributed by atoms with E-state index in [0.717, 1.165) is 27.4 Å². The number of imide groups is 1. The fourth-order valence-electron chi connectivity index (χ4n) is 2.82. The van der Waals surface area contributed by atoms with E-state index in [1.165, 1.54) is 6.07 Å². The van der Waals surface area contributed by atoms with Crippen LogP contribution in [0.25, 0.3) is 0 Å². The number of hydrogen-bond acceptors (Lipinski definition) is 5. The summed E-state index contributed by atoms with van der Waals surface area (Å²) in [6, 6.07) is 4.18. The third-order valence-electron chi connectivity index (χ3n) is 4.20. The zero-order valence-electron chi connectivity index (χ0n) is 13.4. The SMILES string of the molecule is O=C1COC(=O)N1CC1CN(S(=O)(=O)Cc2cccc(C(F)(F)F)c2)C1. The Morgan fingerprint density at radius 1 is 1.19 bits per heavy atom. The minimum Gasteiger partial charge on any atom is -0.439 e. The fraction of sp³-hybridized carbons (Fsp3) is 0.467. The van der Waals surface area contributed by atoms with Gasteiger partial charge in [0.15, 0.2) is 6.61 Å². The van der Waals surface area contributed by atoms with Gasteiger partial charge in [-0.05, 0) is 11.6 Å². The first-order valence-corrected chi connectivity index (χ1v) is 9.28. The molecule has 0 unspecified atom stereocenters. The molecule has 0 radical (unpaired) electrons. The molecule has 26 heavy (non-hydrogen) atoms. The molecule has 2 aliphatic rings. The lowest BCUT2D eigenvalue weighted by Gasteiger charge is -2.39. The van der Waals surface area contributed by atoms with Crippen molar-refractivity contribution in [2.24, 2.45) is 5.92 Å². The number of ether oxygens (including phenoxy) is 1. The zero-order chi connectivity index (χ0) is 19.1. The van der Waals surface area contributed by atoms with Gasteiger partial charge in [-0.3, -0.25) is 4.79 Å². The topological polar surface area (TPSA) is 84.0 Å². The number of nitrogens with zero attached hydrogens (tertiary/aromatic N) is 2. The quantitative estimate of drug-likeness (QED) is 0.757. The molecule has 1 aromatic carbocycles. The Morgan fingerprint density at radius 3 is 2.46 bits per heavy atom. The van der Waals surface area contributed by atoms with Crippen molar-refractivity contribution in [2.45, 2.75) is 11.9 Å². The van der Waals surface area contributed by atoms with Crippen molar-refractivity contribution in [1.82, 2.24) is 9.21 Å². The molecule has 1 aromatic rings. The average Bonchev–Trinajstić information content (AvgIpc) is 2.80. The lowest BCUT2D eigenvalue weighted by atomic mass is 10.0. The largest absolute Gasteiger partial charge is 0.439 e. The van der Waals surface area contributed by atoms with Crippen molar-refractivity contribution in [2.75, 3.05) is 26.2 Å². The van der Waals surface area contributed by atoms with Crippen LogP contribution in [0.4, 0.5) is 18.0 Å². The van der Waals surface area contributed by atoms with Crippen LogP contribution in [-0.2, 0) is 31.5 Å². The minimum absolute atomic E-state index is 0.0431. The molecule has 2 saturated heterocycles. The molecule has 0 aromatic heterocycles. The molecule has 2 heterocycles. The molecule has 0 atom stereocenters. The molecular weight excluding hydrogens is 377 g/mol. The van der Waals surface area contributed by atoms with Crippen LogP contribution < -0.4 is 0 Å². The zero-order valence-corrected chi connectivity index (χ0v) is 14.2. The van der Waals surface area contributed by atoms with Crippen molar-refractivity contribution >= 4 is 22.0 Å². The summed E-state index contributed by atoms with van der Waals surface area (Å²) in [6.45, 7) is -0.0624. The summed E-state index contributed by atoms with van der Waals surface area (Å²) in [5.41, 5.74) is -0.862. The van der Waals surface area contributed by atoms with E-state index in [4.69, 9.17) is 0 Å². The van der Waals surface area contributed by atoms with E-state index < -0.39 is 39.5 Å².